The van der Waals surface area contributed by atoms with Crippen LogP contribution in [-0.4, -0.2) is 75.5 Å². The smallest absolute Gasteiger partial charge is 0.243 e. The van der Waals surface area contributed by atoms with Gasteiger partial charge < -0.3 is 4.90 Å². The van der Waals surface area contributed by atoms with Crippen molar-refractivity contribution in [2.24, 2.45) is 5.92 Å². The van der Waals surface area contributed by atoms with Gasteiger partial charge in [-0.3, -0.25) is 4.79 Å². The summed E-state index contributed by atoms with van der Waals surface area (Å²) in [6.07, 6.45) is 1.19. The second kappa shape index (κ2) is 9.71. The van der Waals surface area contributed by atoms with Crippen LogP contribution in [0, 0.1) is 5.92 Å². The van der Waals surface area contributed by atoms with Gasteiger partial charge in [0.1, 0.15) is 0 Å². The molecule has 2 saturated heterocycles. The Morgan fingerprint density at radius 2 is 1.33 bits per heavy atom. The van der Waals surface area contributed by atoms with Gasteiger partial charge in [-0.1, -0.05) is 29.8 Å². The number of sulfonamides is 2. The molecule has 0 saturated carbocycles. The third kappa shape index (κ3) is 5.09. The summed E-state index contributed by atoms with van der Waals surface area (Å²) in [5.41, 5.74) is 0. The van der Waals surface area contributed by atoms with E-state index in [9.17, 15) is 21.6 Å². The summed E-state index contributed by atoms with van der Waals surface area (Å²) in [5.74, 6) is -0.569. The molecular weight excluding hydrogens is 486 g/mol. The molecule has 2 aromatic carbocycles. The van der Waals surface area contributed by atoms with E-state index < -0.39 is 26.0 Å². The summed E-state index contributed by atoms with van der Waals surface area (Å²) >= 11 is 5.87. The number of amides is 1. The monoisotopic (exact) mass is 511 g/mol. The van der Waals surface area contributed by atoms with Crippen LogP contribution in [0.25, 0.3) is 0 Å². The van der Waals surface area contributed by atoms with Crippen LogP contribution >= 0.6 is 11.6 Å². The number of piperazine rings is 1. The van der Waals surface area contributed by atoms with Crippen molar-refractivity contribution in [3.63, 3.8) is 0 Å². The second-order valence-electron chi connectivity index (χ2n) is 8.20. The van der Waals surface area contributed by atoms with Gasteiger partial charge in [-0.25, -0.2) is 16.8 Å². The lowest BCUT2D eigenvalue weighted by molar-refractivity contribution is -0.137. The highest BCUT2D eigenvalue weighted by Gasteiger charge is 2.37. The highest BCUT2D eigenvalue weighted by atomic mass is 35.5. The molecule has 1 atom stereocenters. The first-order chi connectivity index (χ1) is 15.7. The number of piperidine rings is 1. The molecule has 2 fully saturated rings. The lowest BCUT2D eigenvalue weighted by Crippen LogP contribution is -2.54. The van der Waals surface area contributed by atoms with Crippen molar-refractivity contribution in [3.8, 4) is 0 Å². The number of hydrogen-bond donors (Lipinski definition) is 0. The lowest BCUT2D eigenvalue weighted by Gasteiger charge is -2.38. The van der Waals surface area contributed by atoms with Crippen molar-refractivity contribution in [3.05, 3.63) is 59.6 Å². The number of benzene rings is 2. The van der Waals surface area contributed by atoms with Crippen LogP contribution in [0.5, 0.6) is 0 Å². The van der Waals surface area contributed by atoms with Crippen LogP contribution in [-0.2, 0) is 24.8 Å². The standard InChI is InChI=1S/C22H26ClN3O5S2/c23-19-8-10-21(11-9-19)33(30,31)26-12-4-5-18(17-26)22(27)24-13-15-25(16-14-24)32(28,29)20-6-2-1-3-7-20/h1-3,6-11,18H,4-5,12-17H2. The summed E-state index contributed by atoms with van der Waals surface area (Å²) in [5, 5.41) is 0.453. The SMILES string of the molecule is O=C(C1CCCN(S(=O)(=O)c2ccc(Cl)cc2)C1)N1CCN(S(=O)(=O)c2ccccc2)CC1. The molecule has 0 bridgehead atoms. The van der Waals surface area contributed by atoms with Gasteiger partial charge in [0.25, 0.3) is 0 Å². The Bertz CT molecular complexity index is 1200. The zero-order chi connectivity index (χ0) is 23.6. The van der Waals surface area contributed by atoms with E-state index in [0.717, 1.165) is 0 Å². The van der Waals surface area contributed by atoms with E-state index in [1.807, 2.05) is 0 Å². The van der Waals surface area contributed by atoms with Crippen molar-refractivity contribution in [1.29, 1.82) is 0 Å². The lowest BCUT2D eigenvalue weighted by atomic mass is 9.98. The number of carbonyl (C=O) groups is 1. The Labute approximate surface area is 199 Å². The molecule has 33 heavy (non-hydrogen) atoms. The van der Waals surface area contributed by atoms with Crippen molar-refractivity contribution < 1.29 is 21.6 Å². The fraction of sp³-hybridized carbons (Fsp3) is 0.409. The summed E-state index contributed by atoms with van der Waals surface area (Å²) < 4.78 is 54.4. The van der Waals surface area contributed by atoms with E-state index in [1.54, 1.807) is 35.2 Å². The van der Waals surface area contributed by atoms with Crippen LogP contribution in [0.2, 0.25) is 5.02 Å². The Morgan fingerprint density at radius 1 is 0.758 bits per heavy atom. The van der Waals surface area contributed by atoms with E-state index in [-0.39, 0.29) is 48.4 Å². The Balaban J connectivity index is 1.39. The maximum Gasteiger partial charge on any atom is 0.243 e. The predicted molar refractivity (Wildman–Crippen MR) is 125 cm³/mol. The van der Waals surface area contributed by atoms with Gasteiger partial charge in [-0.2, -0.15) is 8.61 Å². The van der Waals surface area contributed by atoms with E-state index >= 15 is 0 Å². The van der Waals surface area contributed by atoms with Gasteiger partial charge in [0.2, 0.25) is 26.0 Å². The van der Waals surface area contributed by atoms with E-state index in [4.69, 9.17) is 11.6 Å². The Hall–Kier alpha value is -1.98. The zero-order valence-corrected chi connectivity index (χ0v) is 20.4. The number of nitrogens with zero attached hydrogens (tertiary/aromatic N) is 3. The van der Waals surface area contributed by atoms with E-state index in [0.29, 0.717) is 24.4 Å². The van der Waals surface area contributed by atoms with Crippen molar-refractivity contribution in [1.82, 2.24) is 13.5 Å². The maximum absolute atomic E-state index is 13.2. The fourth-order valence-corrected chi connectivity index (χ4v) is 7.36. The summed E-state index contributed by atoms with van der Waals surface area (Å²) in [7, 11) is -7.32. The molecular formula is C22H26ClN3O5S2. The average molecular weight is 512 g/mol. The average Bonchev–Trinajstić information content (AvgIpc) is 2.84. The number of hydrogen-bond acceptors (Lipinski definition) is 5. The molecule has 11 heteroatoms. The molecule has 1 unspecified atom stereocenters. The minimum Gasteiger partial charge on any atom is -0.340 e. The van der Waals surface area contributed by atoms with Gasteiger partial charge in [-0.05, 0) is 49.2 Å². The second-order valence-corrected chi connectivity index (χ2v) is 12.5. The molecule has 2 heterocycles. The quantitative estimate of drug-likeness (QED) is 0.613. The van der Waals surface area contributed by atoms with Gasteiger partial charge in [0.15, 0.2) is 0 Å². The molecule has 2 aliphatic rings. The zero-order valence-electron chi connectivity index (χ0n) is 18.0. The van der Waals surface area contributed by atoms with Gasteiger partial charge in [0.05, 0.1) is 15.7 Å². The molecule has 0 aromatic heterocycles. The van der Waals surface area contributed by atoms with Crippen LogP contribution < -0.4 is 0 Å². The molecule has 4 rings (SSSR count). The van der Waals surface area contributed by atoms with Gasteiger partial charge in [0, 0.05) is 44.3 Å². The highest BCUT2D eigenvalue weighted by Crippen LogP contribution is 2.26. The first-order valence-electron chi connectivity index (χ1n) is 10.8. The highest BCUT2D eigenvalue weighted by molar-refractivity contribution is 7.89. The van der Waals surface area contributed by atoms with Crippen LogP contribution in [0.15, 0.2) is 64.4 Å². The van der Waals surface area contributed by atoms with Crippen molar-refractivity contribution >= 4 is 37.6 Å². The first kappa shape index (κ1) is 24.2. The molecule has 0 radical (unpaired) electrons. The molecule has 0 N–H and O–H groups in total. The van der Waals surface area contributed by atoms with Crippen molar-refractivity contribution in [2.75, 3.05) is 39.3 Å². The molecule has 178 valence electrons. The minimum absolute atomic E-state index is 0.117. The van der Waals surface area contributed by atoms with Crippen LogP contribution in [0.3, 0.4) is 0 Å². The first-order valence-corrected chi connectivity index (χ1v) is 14.0. The molecule has 8 nitrogen and oxygen atoms in total. The molecule has 0 spiro atoms. The predicted octanol–water partition coefficient (Wildman–Crippen LogP) is 2.27. The normalized spacial score (nSPS) is 21.1. The van der Waals surface area contributed by atoms with Crippen LogP contribution in [0.4, 0.5) is 0 Å². The molecule has 1 amide bonds. The molecule has 2 aromatic rings. The Kier molecular flexibility index (Phi) is 7.11. The van der Waals surface area contributed by atoms with Crippen molar-refractivity contribution in [2.45, 2.75) is 22.6 Å². The minimum atomic E-state index is -3.72. The summed E-state index contributed by atoms with van der Waals surface area (Å²) in [6.45, 7) is 1.46. The molecule has 0 aliphatic carbocycles. The fourth-order valence-electron chi connectivity index (χ4n) is 4.27. The Morgan fingerprint density at radius 3 is 1.97 bits per heavy atom. The molecule has 2 aliphatic heterocycles. The third-order valence-electron chi connectivity index (χ3n) is 6.12. The van der Waals surface area contributed by atoms with Gasteiger partial charge >= 0.3 is 0 Å². The van der Waals surface area contributed by atoms with E-state index in [1.165, 1.54) is 32.9 Å². The topological polar surface area (TPSA) is 95.1 Å². The van der Waals surface area contributed by atoms with Gasteiger partial charge in [-0.15, -0.1) is 0 Å². The number of carbonyl (C=O) groups excluding carboxylic acids is 1. The summed E-state index contributed by atoms with van der Waals surface area (Å²) in [4.78, 5) is 15.2. The number of halogens is 1. The van der Waals surface area contributed by atoms with Crippen LogP contribution in [0.1, 0.15) is 12.8 Å². The summed E-state index contributed by atoms with van der Waals surface area (Å²) in [6, 6.07) is 14.2. The maximum atomic E-state index is 13.2. The third-order valence-corrected chi connectivity index (χ3v) is 10.2. The largest absolute Gasteiger partial charge is 0.340 e. The van der Waals surface area contributed by atoms with E-state index in [2.05, 4.69) is 0 Å². The number of rotatable bonds is 5.